The molecule has 0 fully saturated rings. The van der Waals surface area contributed by atoms with E-state index >= 15 is 0 Å². The van der Waals surface area contributed by atoms with Crippen LogP contribution in [-0.4, -0.2) is 16.2 Å². The van der Waals surface area contributed by atoms with Gasteiger partial charge in [0.1, 0.15) is 12.0 Å². The Morgan fingerprint density at radius 2 is 1.12 bits per heavy atom. The van der Waals surface area contributed by atoms with Gasteiger partial charge in [-0.3, -0.25) is 0 Å². The van der Waals surface area contributed by atoms with Gasteiger partial charge in [0.2, 0.25) is 0 Å². The number of nitrogens with zero attached hydrogens (tertiary/aromatic N) is 3. The van der Waals surface area contributed by atoms with E-state index < -0.39 is 0 Å². The summed E-state index contributed by atoms with van der Waals surface area (Å²) in [4.78, 5) is 10.3. The standard InChI is InChI=1S/C52H38N4/c1-52(2)44-22-12-11-21-40(44)41-30-36(24-27-45(41)52)37-25-28-47-42(31-37)43-32-38(26-29-48(43)56(47)46-23-13-19-33-14-9-10-20-39(33)46)51-54-49(34-15-5-3-6-16-34)53-50(55-51)35-17-7-4-8-18-35/h3-32,49H,1-2H3,(H,53,54,55). The zero-order chi connectivity index (χ0) is 37.4. The normalized spacial score (nSPS) is 15.6. The van der Waals surface area contributed by atoms with Crippen LogP contribution in [0.3, 0.4) is 0 Å². The fraction of sp³-hybridized carbons (Fsp3) is 0.0769. The summed E-state index contributed by atoms with van der Waals surface area (Å²) in [5.74, 6) is 1.52. The summed E-state index contributed by atoms with van der Waals surface area (Å²) in [6.45, 7) is 4.68. The maximum atomic E-state index is 5.17. The largest absolute Gasteiger partial charge is 0.344 e. The molecule has 2 heterocycles. The highest BCUT2D eigenvalue weighted by atomic mass is 15.2. The first-order valence-corrected chi connectivity index (χ1v) is 19.4. The van der Waals surface area contributed by atoms with Gasteiger partial charge in [-0.05, 0) is 86.8 Å². The molecule has 8 aromatic carbocycles. The van der Waals surface area contributed by atoms with Crippen LogP contribution >= 0.6 is 0 Å². The second kappa shape index (κ2) is 12.5. The number of rotatable bonds is 5. The van der Waals surface area contributed by atoms with E-state index in [4.69, 9.17) is 9.98 Å². The van der Waals surface area contributed by atoms with E-state index in [0.717, 1.165) is 45.1 Å². The van der Waals surface area contributed by atoms with E-state index in [0.29, 0.717) is 0 Å². The van der Waals surface area contributed by atoms with Crippen molar-refractivity contribution in [3.05, 3.63) is 210 Å². The summed E-state index contributed by atoms with van der Waals surface area (Å²) < 4.78 is 2.43. The Kier molecular flexibility index (Phi) is 7.23. The molecule has 1 aliphatic carbocycles. The molecule has 0 amide bonds. The summed E-state index contributed by atoms with van der Waals surface area (Å²) in [6, 6.07) is 65.6. The quantitative estimate of drug-likeness (QED) is 0.189. The fourth-order valence-electron chi connectivity index (χ4n) is 9.03. The molecule has 4 nitrogen and oxygen atoms in total. The summed E-state index contributed by atoms with van der Waals surface area (Å²) in [6.07, 6.45) is -0.270. The molecule has 11 rings (SSSR count). The Labute approximate surface area is 326 Å². The van der Waals surface area contributed by atoms with E-state index in [9.17, 15) is 0 Å². The van der Waals surface area contributed by atoms with Crippen molar-refractivity contribution in [2.75, 3.05) is 0 Å². The lowest BCUT2D eigenvalue weighted by Crippen LogP contribution is -2.33. The van der Waals surface area contributed by atoms with Crippen LogP contribution in [0.15, 0.2) is 192 Å². The van der Waals surface area contributed by atoms with Crippen LogP contribution in [0.4, 0.5) is 0 Å². The Balaban J connectivity index is 1.12. The second-order valence-corrected chi connectivity index (χ2v) is 15.5. The monoisotopic (exact) mass is 718 g/mol. The number of nitrogens with one attached hydrogen (secondary N) is 1. The molecule has 1 atom stereocenters. The molecule has 0 radical (unpaired) electrons. The Hall–Kier alpha value is -7.04. The predicted octanol–water partition coefficient (Wildman–Crippen LogP) is 12.4. The van der Waals surface area contributed by atoms with Crippen molar-refractivity contribution in [3.8, 4) is 27.9 Å². The average Bonchev–Trinajstić information content (AvgIpc) is 3.70. The Morgan fingerprint density at radius 1 is 0.500 bits per heavy atom. The molecule has 1 N–H and O–H groups in total. The lowest BCUT2D eigenvalue weighted by atomic mass is 9.82. The van der Waals surface area contributed by atoms with E-state index in [1.807, 2.05) is 24.3 Å². The maximum Gasteiger partial charge on any atom is 0.159 e. The minimum Gasteiger partial charge on any atom is -0.344 e. The van der Waals surface area contributed by atoms with E-state index in [1.54, 1.807) is 0 Å². The number of hydrogen-bond donors (Lipinski definition) is 1. The summed E-state index contributed by atoms with van der Waals surface area (Å²) in [5.41, 5.74) is 14.4. The van der Waals surface area contributed by atoms with E-state index in [1.165, 1.54) is 54.9 Å². The third kappa shape index (κ3) is 5.06. The lowest BCUT2D eigenvalue weighted by Gasteiger charge is -2.23. The molecular weight excluding hydrogens is 681 g/mol. The minimum absolute atomic E-state index is 0.0306. The first kappa shape index (κ1) is 32.4. The van der Waals surface area contributed by atoms with Crippen LogP contribution in [0.25, 0.3) is 60.5 Å². The highest BCUT2D eigenvalue weighted by molar-refractivity contribution is 6.17. The third-order valence-corrected chi connectivity index (χ3v) is 11.9. The van der Waals surface area contributed by atoms with Gasteiger partial charge in [0.25, 0.3) is 0 Å². The Morgan fingerprint density at radius 3 is 1.95 bits per heavy atom. The third-order valence-electron chi connectivity index (χ3n) is 11.9. The van der Waals surface area contributed by atoms with Gasteiger partial charge in [0, 0.05) is 32.7 Å². The molecule has 266 valence electrons. The zero-order valence-electron chi connectivity index (χ0n) is 31.2. The molecule has 9 aromatic rings. The van der Waals surface area contributed by atoms with Gasteiger partial charge >= 0.3 is 0 Å². The van der Waals surface area contributed by atoms with Crippen molar-refractivity contribution in [1.29, 1.82) is 0 Å². The predicted molar refractivity (Wildman–Crippen MR) is 233 cm³/mol. The molecule has 56 heavy (non-hydrogen) atoms. The van der Waals surface area contributed by atoms with Gasteiger partial charge in [-0.2, -0.15) is 0 Å². The van der Waals surface area contributed by atoms with Gasteiger partial charge in [-0.15, -0.1) is 0 Å². The SMILES string of the molecule is CC1(C)c2ccccc2-c2cc(-c3ccc4c(c3)c3cc(C5=NC(c6ccccc6)=NC(c6ccccc6)N5)ccc3n4-c3cccc4ccccc34)ccc21. The molecule has 1 aromatic heterocycles. The molecule has 0 spiro atoms. The second-order valence-electron chi connectivity index (χ2n) is 15.5. The van der Waals surface area contributed by atoms with E-state index in [-0.39, 0.29) is 11.6 Å². The number of hydrogen-bond acceptors (Lipinski definition) is 3. The lowest BCUT2D eigenvalue weighted by molar-refractivity contribution is 0.660. The smallest absolute Gasteiger partial charge is 0.159 e. The molecule has 4 heteroatoms. The van der Waals surface area contributed by atoms with Gasteiger partial charge in [0.15, 0.2) is 5.84 Å². The van der Waals surface area contributed by atoms with Crippen LogP contribution in [-0.2, 0) is 5.41 Å². The topological polar surface area (TPSA) is 41.7 Å². The van der Waals surface area contributed by atoms with Gasteiger partial charge in [0.05, 0.1) is 16.7 Å². The molecule has 2 aliphatic rings. The highest BCUT2D eigenvalue weighted by Crippen LogP contribution is 2.49. The molecule has 0 bridgehead atoms. The molecule has 0 saturated heterocycles. The van der Waals surface area contributed by atoms with E-state index in [2.05, 4.69) is 181 Å². The number of aliphatic imine (C=N–C) groups is 2. The summed E-state index contributed by atoms with van der Waals surface area (Å²) in [7, 11) is 0. The fourth-order valence-corrected chi connectivity index (χ4v) is 9.03. The summed E-state index contributed by atoms with van der Waals surface area (Å²) >= 11 is 0. The minimum atomic E-state index is -0.270. The number of fused-ring (bicyclic) bond motifs is 7. The van der Waals surface area contributed by atoms with Crippen LogP contribution in [0.5, 0.6) is 0 Å². The highest BCUT2D eigenvalue weighted by Gasteiger charge is 2.35. The molecular formula is C52H38N4. The van der Waals surface area contributed by atoms with Crippen molar-refractivity contribution < 1.29 is 0 Å². The van der Waals surface area contributed by atoms with Crippen molar-refractivity contribution >= 4 is 44.2 Å². The average molecular weight is 719 g/mol. The van der Waals surface area contributed by atoms with Crippen LogP contribution < -0.4 is 5.32 Å². The van der Waals surface area contributed by atoms with Crippen molar-refractivity contribution in [2.45, 2.75) is 25.4 Å². The van der Waals surface area contributed by atoms with Gasteiger partial charge in [-0.1, -0.05) is 153 Å². The number of amidine groups is 2. The molecule has 1 aliphatic heterocycles. The van der Waals surface area contributed by atoms with Crippen molar-refractivity contribution in [2.24, 2.45) is 9.98 Å². The first-order valence-electron chi connectivity index (χ1n) is 19.4. The maximum absolute atomic E-state index is 5.17. The van der Waals surface area contributed by atoms with Gasteiger partial charge < -0.3 is 9.88 Å². The molecule has 1 unspecified atom stereocenters. The summed E-state index contributed by atoms with van der Waals surface area (Å²) in [5, 5.41) is 8.49. The Bertz CT molecular complexity index is 3070. The van der Waals surface area contributed by atoms with Crippen LogP contribution in [0, 0.1) is 0 Å². The first-order chi connectivity index (χ1) is 27.5. The van der Waals surface area contributed by atoms with Crippen molar-refractivity contribution in [3.63, 3.8) is 0 Å². The van der Waals surface area contributed by atoms with Crippen LogP contribution in [0.2, 0.25) is 0 Å². The van der Waals surface area contributed by atoms with Crippen LogP contribution in [0.1, 0.15) is 47.8 Å². The zero-order valence-corrected chi connectivity index (χ0v) is 31.2. The number of benzene rings is 8. The van der Waals surface area contributed by atoms with Gasteiger partial charge in [-0.25, -0.2) is 9.98 Å². The van der Waals surface area contributed by atoms with Crippen molar-refractivity contribution in [1.82, 2.24) is 9.88 Å². The molecule has 0 saturated carbocycles. The number of aromatic nitrogens is 1.